The molecule has 0 unspecified atom stereocenters. The van der Waals surface area contributed by atoms with Gasteiger partial charge in [-0.15, -0.1) is 0 Å². The molecule has 168 valence electrons. The SMILES string of the molecule is C[C@@H]1CCCN(c2ccc([C@H](C)NC(=O)[C@@H](C)N(c3ccccc3)S(C)(=O)=O)cc2)C1. The van der Waals surface area contributed by atoms with E-state index in [2.05, 4.69) is 29.3 Å². The molecule has 0 bridgehead atoms. The Kier molecular flexibility index (Phi) is 7.26. The zero-order valence-electron chi connectivity index (χ0n) is 18.8. The number of rotatable bonds is 7. The number of anilines is 2. The lowest BCUT2D eigenvalue weighted by Crippen LogP contribution is -2.48. The number of amides is 1. The summed E-state index contributed by atoms with van der Waals surface area (Å²) >= 11 is 0. The number of piperidine rings is 1. The fourth-order valence-electron chi connectivity index (χ4n) is 4.20. The molecule has 1 aliphatic rings. The maximum atomic E-state index is 12.9. The first-order valence-corrected chi connectivity index (χ1v) is 12.7. The van der Waals surface area contributed by atoms with Crippen molar-refractivity contribution in [3.8, 4) is 0 Å². The number of hydrogen-bond acceptors (Lipinski definition) is 4. The van der Waals surface area contributed by atoms with E-state index in [9.17, 15) is 13.2 Å². The second-order valence-electron chi connectivity index (χ2n) is 8.59. The first-order chi connectivity index (χ1) is 14.7. The lowest BCUT2D eigenvalue weighted by Gasteiger charge is -2.33. The largest absolute Gasteiger partial charge is 0.371 e. The van der Waals surface area contributed by atoms with Crippen molar-refractivity contribution in [1.29, 1.82) is 0 Å². The smallest absolute Gasteiger partial charge is 0.244 e. The number of nitrogens with one attached hydrogen (secondary N) is 1. The molecule has 7 heteroatoms. The number of hydrogen-bond donors (Lipinski definition) is 1. The van der Waals surface area contributed by atoms with Crippen molar-refractivity contribution in [2.45, 2.75) is 45.7 Å². The van der Waals surface area contributed by atoms with Crippen LogP contribution in [0.2, 0.25) is 0 Å². The second-order valence-corrected chi connectivity index (χ2v) is 10.4. The van der Waals surface area contributed by atoms with E-state index in [1.165, 1.54) is 18.5 Å². The molecule has 6 nitrogen and oxygen atoms in total. The molecule has 3 rings (SSSR count). The molecule has 1 saturated heterocycles. The second kappa shape index (κ2) is 9.73. The first kappa shape index (κ1) is 23.1. The Hall–Kier alpha value is -2.54. The average molecular weight is 444 g/mol. The summed E-state index contributed by atoms with van der Waals surface area (Å²) in [5.41, 5.74) is 2.66. The van der Waals surface area contributed by atoms with E-state index >= 15 is 0 Å². The molecule has 31 heavy (non-hydrogen) atoms. The minimum atomic E-state index is -3.62. The maximum Gasteiger partial charge on any atom is 0.244 e. The lowest BCUT2D eigenvalue weighted by molar-refractivity contribution is -0.122. The summed E-state index contributed by atoms with van der Waals surface area (Å²) in [6.45, 7) is 7.96. The van der Waals surface area contributed by atoms with Gasteiger partial charge in [-0.05, 0) is 62.4 Å². The summed E-state index contributed by atoms with van der Waals surface area (Å²) in [4.78, 5) is 15.3. The van der Waals surface area contributed by atoms with Crippen LogP contribution in [0.3, 0.4) is 0 Å². The number of para-hydroxylation sites is 1. The molecule has 1 heterocycles. The Balaban J connectivity index is 1.69. The van der Waals surface area contributed by atoms with Gasteiger partial charge in [-0.25, -0.2) is 8.42 Å². The number of sulfonamides is 1. The van der Waals surface area contributed by atoms with Crippen molar-refractivity contribution < 1.29 is 13.2 Å². The summed E-state index contributed by atoms with van der Waals surface area (Å²) in [6, 6.07) is 15.9. The maximum absolute atomic E-state index is 12.9. The van der Waals surface area contributed by atoms with Crippen molar-refractivity contribution in [2.75, 3.05) is 28.6 Å². The van der Waals surface area contributed by atoms with Crippen LogP contribution in [0, 0.1) is 5.92 Å². The van der Waals surface area contributed by atoms with E-state index in [1.807, 2.05) is 25.1 Å². The van der Waals surface area contributed by atoms with Gasteiger partial charge in [0, 0.05) is 18.8 Å². The molecular weight excluding hydrogens is 410 g/mol. The van der Waals surface area contributed by atoms with Crippen LogP contribution >= 0.6 is 0 Å². The molecular formula is C24H33N3O3S. The van der Waals surface area contributed by atoms with Gasteiger partial charge in [-0.2, -0.15) is 0 Å². The first-order valence-electron chi connectivity index (χ1n) is 10.9. The molecule has 1 N–H and O–H groups in total. The highest BCUT2D eigenvalue weighted by Gasteiger charge is 2.29. The van der Waals surface area contributed by atoms with Crippen molar-refractivity contribution in [2.24, 2.45) is 5.92 Å². The van der Waals surface area contributed by atoms with E-state index in [0.29, 0.717) is 11.6 Å². The molecule has 1 fully saturated rings. The lowest BCUT2D eigenvalue weighted by atomic mass is 9.99. The van der Waals surface area contributed by atoms with Gasteiger partial charge in [0.1, 0.15) is 6.04 Å². The van der Waals surface area contributed by atoms with Gasteiger partial charge in [-0.3, -0.25) is 9.10 Å². The zero-order valence-corrected chi connectivity index (χ0v) is 19.6. The van der Waals surface area contributed by atoms with Gasteiger partial charge in [0.15, 0.2) is 0 Å². The zero-order chi connectivity index (χ0) is 22.6. The third kappa shape index (κ3) is 5.79. The van der Waals surface area contributed by atoms with E-state index in [4.69, 9.17) is 0 Å². The highest BCUT2D eigenvalue weighted by Crippen LogP contribution is 2.25. The summed E-state index contributed by atoms with van der Waals surface area (Å²) in [6.07, 6.45) is 3.61. The predicted molar refractivity (Wildman–Crippen MR) is 127 cm³/mol. The Morgan fingerprint density at radius 1 is 1.10 bits per heavy atom. The molecule has 2 aromatic carbocycles. The van der Waals surface area contributed by atoms with Crippen LogP contribution in [0.5, 0.6) is 0 Å². The van der Waals surface area contributed by atoms with Crippen LogP contribution in [0.4, 0.5) is 11.4 Å². The molecule has 1 aliphatic heterocycles. The summed E-state index contributed by atoms with van der Waals surface area (Å²) in [7, 11) is -3.62. The monoisotopic (exact) mass is 443 g/mol. The van der Waals surface area contributed by atoms with Crippen molar-refractivity contribution in [1.82, 2.24) is 5.32 Å². The van der Waals surface area contributed by atoms with Crippen molar-refractivity contribution in [3.63, 3.8) is 0 Å². The Bertz CT molecular complexity index is 977. The van der Waals surface area contributed by atoms with Crippen LogP contribution in [0.25, 0.3) is 0 Å². The highest BCUT2D eigenvalue weighted by molar-refractivity contribution is 7.92. The third-order valence-electron chi connectivity index (χ3n) is 5.87. The number of carbonyl (C=O) groups is 1. The molecule has 1 amide bonds. The molecule has 0 aromatic heterocycles. The van der Waals surface area contributed by atoms with Crippen molar-refractivity contribution in [3.05, 3.63) is 60.2 Å². The minimum absolute atomic E-state index is 0.235. The quantitative estimate of drug-likeness (QED) is 0.703. The van der Waals surface area contributed by atoms with Gasteiger partial charge in [0.05, 0.1) is 18.0 Å². The van der Waals surface area contributed by atoms with Gasteiger partial charge < -0.3 is 10.2 Å². The standard InChI is InChI=1S/C24H33N3O3S/c1-18-9-8-16-26(17-18)22-14-12-21(13-15-22)19(2)25-24(28)20(3)27(31(4,29)30)23-10-6-5-7-11-23/h5-7,10-15,18-20H,8-9,16-17H2,1-4H3,(H,25,28)/t18-,19+,20-/m1/s1. The molecule has 0 saturated carbocycles. The molecule has 3 atom stereocenters. The van der Waals surface area contributed by atoms with Crippen LogP contribution < -0.4 is 14.5 Å². The van der Waals surface area contributed by atoms with Crippen LogP contribution in [-0.4, -0.2) is 39.7 Å². The molecule has 0 spiro atoms. The van der Waals surface area contributed by atoms with Gasteiger partial charge in [-0.1, -0.05) is 37.3 Å². The van der Waals surface area contributed by atoms with E-state index in [1.54, 1.807) is 31.2 Å². The van der Waals surface area contributed by atoms with Crippen molar-refractivity contribution >= 4 is 27.3 Å². The normalized spacial score (nSPS) is 18.8. The Morgan fingerprint density at radius 2 is 1.74 bits per heavy atom. The molecule has 0 aliphatic carbocycles. The van der Waals surface area contributed by atoms with Gasteiger partial charge in [0.2, 0.25) is 15.9 Å². The van der Waals surface area contributed by atoms with Gasteiger partial charge >= 0.3 is 0 Å². The molecule has 0 radical (unpaired) electrons. The van der Waals surface area contributed by atoms with Crippen LogP contribution in [-0.2, 0) is 14.8 Å². The van der Waals surface area contributed by atoms with Gasteiger partial charge in [0.25, 0.3) is 0 Å². The fourth-order valence-corrected chi connectivity index (χ4v) is 5.37. The Labute approximate surface area is 186 Å². The molecule has 2 aromatic rings. The average Bonchev–Trinajstić information content (AvgIpc) is 2.73. The summed E-state index contributed by atoms with van der Waals surface area (Å²) in [5, 5.41) is 2.97. The van der Waals surface area contributed by atoms with E-state index in [0.717, 1.165) is 29.2 Å². The number of benzene rings is 2. The number of nitrogens with zero attached hydrogens (tertiary/aromatic N) is 2. The topological polar surface area (TPSA) is 69.7 Å². The summed E-state index contributed by atoms with van der Waals surface area (Å²) in [5.74, 6) is 0.367. The van der Waals surface area contributed by atoms with Crippen LogP contribution in [0.15, 0.2) is 54.6 Å². The summed E-state index contributed by atoms with van der Waals surface area (Å²) < 4.78 is 25.9. The van der Waals surface area contributed by atoms with E-state index < -0.39 is 16.1 Å². The highest BCUT2D eigenvalue weighted by atomic mass is 32.2. The number of carbonyl (C=O) groups excluding carboxylic acids is 1. The third-order valence-corrected chi connectivity index (χ3v) is 7.11. The minimum Gasteiger partial charge on any atom is -0.371 e. The van der Waals surface area contributed by atoms with E-state index in [-0.39, 0.29) is 11.9 Å². The van der Waals surface area contributed by atoms with Crippen LogP contribution in [0.1, 0.15) is 45.2 Å². The predicted octanol–water partition coefficient (Wildman–Crippen LogP) is 3.95. The fraction of sp³-hybridized carbons (Fsp3) is 0.458. The Morgan fingerprint density at radius 3 is 2.32 bits per heavy atom.